The molecule has 0 amide bonds. The van der Waals surface area contributed by atoms with Gasteiger partial charge in [0.2, 0.25) is 6.79 Å². The van der Waals surface area contributed by atoms with E-state index in [1.165, 1.54) is 0 Å². The van der Waals surface area contributed by atoms with E-state index in [1.54, 1.807) is 0 Å². The SMILES string of the molecule is Cc1nc(Br)cc(NCc2ccc3c(c2)OCO3)n1. The molecule has 1 aromatic heterocycles. The van der Waals surface area contributed by atoms with Gasteiger partial charge in [-0.05, 0) is 40.5 Å². The molecular formula is C13H12BrN3O2. The number of anilines is 1. The van der Waals surface area contributed by atoms with Gasteiger partial charge in [0.15, 0.2) is 11.5 Å². The molecule has 0 saturated heterocycles. The van der Waals surface area contributed by atoms with Gasteiger partial charge in [0.1, 0.15) is 16.2 Å². The van der Waals surface area contributed by atoms with E-state index < -0.39 is 0 Å². The van der Waals surface area contributed by atoms with E-state index in [1.807, 2.05) is 31.2 Å². The Kier molecular flexibility index (Phi) is 3.25. The van der Waals surface area contributed by atoms with Crippen LogP contribution in [0.2, 0.25) is 0 Å². The molecule has 0 unspecified atom stereocenters. The van der Waals surface area contributed by atoms with Gasteiger partial charge in [-0.25, -0.2) is 9.97 Å². The van der Waals surface area contributed by atoms with Crippen molar-refractivity contribution in [2.24, 2.45) is 0 Å². The summed E-state index contributed by atoms with van der Waals surface area (Å²) in [6.07, 6.45) is 0. The van der Waals surface area contributed by atoms with E-state index in [0.29, 0.717) is 13.3 Å². The van der Waals surface area contributed by atoms with E-state index in [9.17, 15) is 0 Å². The Morgan fingerprint density at radius 1 is 1.21 bits per heavy atom. The van der Waals surface area contributed by atoms with Gasteiger partial charge in [-0.1, -0.05) is 6.07 Å². The molecule has 0 radical (unpaired) electrons. The molecule has 2 aromatic rings. The number of halogens is 1. The fourth-order valence-electron chi connectivity index (χ4n) is 1.87. The molecule has 5 nitrogen and oxygen atoms in total. The lowest BCUT2D eigenvalue weighted by atomic mass is 10.2. The predicted molar refractivity (Wildman–Crippen MR) is 74.4 cm³/mol. The number of benzene rings is 1. The highest BCUT2D eigenvalue weighted by Crippen LogP contribution is 2.32. The van der Waals surface area contributed by atoms with Crippen LogP contribution in [0.15, 0.2) is 28.9 Å². The molecule has 1 N–H and O–H groups in total. The van der Waals surface area contributed by atoms with Crippen LogP contribution in [0.25, 0.3) is 0 Å². The average molecular weight is 322 g/mol. The first-order valence-corrected chi connectivity index (χ1v) is 6.63. The first-order chi connectivity index (χ1) is 9.20. The second kappa shape index (κ2) is 5.05. The molecule has 0 bridgehead atoms. The largest absolute Gasteiger partial charge is 0.454 e. The molecule has 0 aliphatic carbocycles. The van der Waals surface area contributed by atoms with Gasteiger partial charge in [-0.3, -0.25) is 0 Å². The lowest BCUT2D eigenvalue weighted by molar-refractivity contribution is 0.174. The first-order valence-electron chi connectivity index (χ1n) is 5.84. The van der Waals surface area contributed by atoms with Gasteiger partial charge in [0, 0.05) is 12.6 Å². The third-order valence-electron chi connectivity index (χ3n) is 2.72. The number of fused-ring (bicyclic) bond motifs is 1. The third-order valence-corrected chi connectivity index (χ3v) is 3.12. The van der Waals surface area contributed by atoms with Crippen LogP contribution in [0.3, 0.4) is 0 Å². The van der Waals surface area contributed by atoms with E-state index in [2.05, 4.69) is 31.2 Å². The maximum absolute atomic E-state index is 5.35. The molecule has 1 aliphatic rings. The Hall–Kier alpha value is -1.82. The lowest BCUT2D eigenvalue weighted by Crippen LogP contribution is -2.03. The quantitative estimate of drug-likeness (QED) is 0.881. The summed E-state index contributed by atoms with van der Waals surface area (Å²) in [7, 11) is 0. The summed E-state index contributed by atoms with van der Waals surface area (Å²) < 4.78 is 11.4. The minimum absolute atomic E-state index is 0.296. The van der Waals surface area contributed by atoms with Crippen molar-refractivity contribution >= 4 is 21.7 Å². The van der Waals surface area contributed by atoms with E-state index in [4.69, 9.17) is 9.47 Å². The maximum Gasteiger partial charge on any atom is 0.231 e. The molecule has 2 heterocycles. The zero-order valence-corrected chi connectivity index (χ0v) is 11.9. The van der Waals surface area contributed by atoms with Crippen molar-refractivity contribution in [1.29, 1.82) is 0 Å². The van der Waals surface area contributed by atoms with Crippen LogP contribution >= 0.6 is 15.9 Å². The predicted octanol–water partition coefficient (Wildman–Crippen LogP) is 2.89. The Balaban J connectivity index is 1.72. The van der Waals surface area contributed by atoms with Crippen molar-refractivity contribution < 1.29 is 9.47 Å². The van der Waals surface area contributed by atoms with Crippen LogP contribution < -0.4 is 14.8 Å². The molecule has 3 rings (SSSR count). The maximum atomic E-state index is 5.35. The summed E-state index contributed by atoms with van der Waals surface area (Å²) in [6, 6.07) is 7.74. The van der Waals surface area contributed by atoms with Crippen LogP contribution in [-0.2, 0) is 6.54 Å². The summed E-state index contributed by atoms with van der Waals surface area (Å²) >= 11 is 3.35. The zero-order chi connectivity index (χ0) is 13.2. The van der Waals surface area contributed by atoms with Crippen molar-refractivity contribution in [3.8, 4) is 11.5 Å². The number of ether oxygens (including phenoxy) is 2. The topological polar surface area (TPSA) is 56.3 Å². The molecule has 0 fully saturated rings. The van der Waals surface area contributed by atoms with Gasteiger partial charge in [0.05, 0.1) is 0 Å². The summed E-state index contributed by atoms with van der Waals surface area (Å²) in [5.74, 6) is 3.10. The van der Waals surface area contributed by atoms with Crippen LogP contribution in [0, 0.1) is 6.92 Å². The summed E-state index contributed by atoms with van der Waals surface area (Å²) in [5.41, 5.74) is 1.11. The van der Waals surface area contributed by atoms with Crippen LogP contribution in [0.5, 0.6) is 11.5 Å². The molecule has 19 heavy (non-hydrogen) atoms. The first kappa shape index (κ1) is 12.2. The number of aryl methyl sites for hydroxylation is 1. The standard InChI is InChI=1S/C13H12BrN3O2/c1-8-16-12(14)5-13(17-8)15-6-9-2-3-10-11(4-9)19-7-18-10/h2-5H,6-7H2,1H3,(H,15,16,17). The van der Waals surface area contributed by atoms with Gasteiger partial charge in [-0.2, -0.15) is 0 Å². The van der Waals surface area contributed by atoms with Gasteiger partial charge >= 0.3 is 0 Å². The number of aromatic nitrogens is 2. The normalized spacial score (nSPS) is 12.5. The van der Waals surface area contributed by atoms with Crippen molar-refractivity contribution in [2.75, 3.05) is 12.1 Å². The molecule has 0 atom stereocenters. The van der Waals surface area contributed by atoms with E-state index in [0.717, 1.165) is 33.3 Å². The van der Waals surface area contributed by atoms with Gasteiger partial charge in [-0.15, -0.1) is 0 Å². The molecule has 98 valence electrons. The van der Waals surface area contributed by atoms with Gasteiger partial charge < -0.3 is 14.8 Å². The van der Waals surface area contributed by atoms with Crippen molar-refractivity contribution in [3.63, 3.8) is 0 Å². The Morgan fingerprint density at radius 3 is 2.89 bits per heavy atom. The average Bonchev–Trinajstić information content (AvgIpc) is 2.82. The minimum Gasteiger partial charge on any atom is -0.454 e. The third kappa shape index (κ3) is 2.78. The Bertz CT molecular complexity index is 599. The smallest absolute Gasteiger partial charge is 0.231 e. The highest BCUT2D eigenvalue weighted by molar-refractivity contribution is 9.10. The molecule has 0 saturated carbocycles. The number of hydrogen-bond donors (Lipinski definition) is 1. The Morgan fingerprint density at radius 2 is 2.05 bits per heavy atom. The van der Waals surface area contributed by atoms with Gasteiger partial charge in [0.25, 0.3) is 0 Å². The number of nitrogens with zero attached hydrogens (tertiary/aromatic N) is 2. The number of hydrogen-bond acceptors (Lipinski definition) is 5. The summed E-state index contributed by atoms with van der Waals surface area (Å²) in [6.45, 7) is 2.82. The highest BCUT2D eigenvalue weighted by Gasteiger charge is 2.13. The van der Waals surface area contributed by atoms with Crippen LogP contribution in [0.1, 0.15) is 11.4 Å². The Labute approximate surface area is 119 Å². The molecule has 0 spiro atoms. The zero-order valence-electron chi connectivity index (χ0n) is 10.3. The van der Waals surface area contributed by atoms with Crippen LogP contribution in [0.4, 0.5) is 5.82 Å². The highest BCUT2D eigenvalue weighted by atomic mass is 79.9. The molecule has 1 aliphatic heterocycles. The molecular weight excluding hydrogens is 310 g/mol. The summed E-state index contributed by atoms with van der Waals surface area (Å²) in [4.78, 5) is 8.48. The van der Waals surface area contributed by atoms with Crippen molar-refractivity contribution in [2.45, 2.75) is 13.5 Å². The lowest BCUT2D eigenvalue weighted by Gasteiger charge is -2.07. The fourth-order valence-corrected chi connectivity index (χ4v) is 2.34. The van der Waals surface area contributed by atoms with Crippen molar-refractivity contribution in [1.82, 2.24) is 9.97 Å². The minimum atomic E-state index is 0.296. The number of nitrogens with one attached hydrogen (secondary N) is 1. The monoisotopic (exact) mass is 321 g/mol. The fraction of sp³-hybridized carbons (Fsp3) is 0.231. The van der Waals surface area contributed by atoms with Crippen LogP contribution in [-0.4, -0.2) is 16.8 Å². The van der Waals surface area contributed by atoms with E-state index >= 15 is 0 Å². The van der Waals surface area contributed by atoms with Crippen molar-refractivity contribution in [3.05, 3.63) is 40.3 Å². The molecule has 6 heteroatoms. The molecule has 1 aromatic carbocycles. The second-order valence-corrected chi connectivity index (χ2v) is 4.98. The van der Waals surface area contributed by atoms with E-state index in [-0.39, 0.29) is 0 Å². The number of rotatable bonds is 3. The summed E-state index contributed by atoms with van der Waals surface area (Å²) in [5, 5.41) is 3.26. The second-order valence-electron chi connectivity index (χ2n) is 4.16.